The average molecular weight is 282 g/mol. The Morgan fingerprint density at radius 3 is 2.24 bits per heavy atom. The number of ketones is 1. The van der Waals surface area contributed by atoms with Crippen LogP contribution in [-0.2, 0) is 0 Å². The maximum atomic E-state index is 12.3. The van der Waals surface area contributed by atoms with E-state index in [4.69, 9.17) is 4.74 Å². The number of rotatable bonds is 4. The third-order valence-electron chi connectivity index (χ3n) is 3.81. The van der Waals surface area contributed by atoms with Gasteiger partial charge in [0.15, 0.2) is 12.4 Å². The zero-order valence-electron chi connectivity index (χ0n) is 13.4. The van der Waals surface area contributed by atoms with Crippen LogP contribution < -0.4 is 4.74 Å². The molecule has 0 spiro atoms. The summed E-state index contributed by atoms with van der Waals surface area (Å²) in [6.07, 6.45) is 0. The Hall–Kier alpha value is -2.09. The highest BCUT2D eigenvalue weighted by Gasteiger charge is 2.11. The molecule has 2 aromatic carbocycles. The van der Waals surface area contributed by atoms with Crippen LogP contribution in [0.4, 0.5) is 0 Å². The molecule has 2 aromatic rings. The zero-order chi connectivity index (χ0) is 15.6. The van der Waals surface area contributed by atoms with E-state index in [1.807, 2.05) is 52.0 Å². The van der Waals surface area contributed by atoms with Gasteiger partial charge in [-0.15, -0.1) is 0 Å². The lowest BCUT2D eigenvalue weighted by Crippen LogP contribution is -2.13. The standard InChI is InChI=1S/C19H22O2/c1-12-6-7-17(15(4)8-12)18(20)11-21-19-10-13(2)9-14(3)16(19)5/h6-10H,11H2,1-5H3. The largest absolute Gasteiger partial charge is 0.485 e. The van der Waals surface area contributed by atoms with Crippen molar-refractivity contribution >= 4 is 5.78 Å². The summed E-state index contributed by atoms with van der Waals surface area (Å²) < 4.78 is 5.75. The fourth-order valence-electron chi connectivity index (χ4n) is 2.50. The third-order valence-corrected chi connectivity index (χ3v) is 3.81. The molecule has 0 unspecified atom stereocenters. The number of hydrogen-bond donors (Lipinski definition) is 0. The molecule has 0 fully saturated rings. The number of aryl methyl sites for hydroxylation is 4. The molecule has 0 atom stereocenters. The number of carbonyl (C=O) groups excluding carboxylic acids is 1. The number of benzene rings is 2. The molecule has 0 amide bonds. The van der Waals surface area contributed by atoms with Crippen LogP contribution in [0, 0.1) is 34.6 Å². The summed E-state index contributed by atoms with van der Waals surface area (Å²) in [4.78, 5) is 12.3. The highest BCUT2D eigenvalue weighted by atomic mass is 16.5. The van der Waals surface area contributed by atoms with Gasteiger partial charge in [0.2, 0.25) is 0 Å². The van der Waals surface area contributed by atoms with Gasteiger partial charge in [0.25, 0.3) is 0 Å². The molecule has 0 saturated heterocycles. The molecule has 0 aromatic heterocycles. The van der Waals surface area contributed by atoms with Crippen molar-refractivity contribution in [2.45, 2.75) is 34.6 Å². The van der Waals surface area contributed by atoms with E-state index in [1.54, 1.807) is 0 Å². The Morgan fingerprint density at radius 2 is 1.57 bits per heavy atom. The number of Topliss-reactive ketones (excluding diaryl/α,β-unsaturated/α-hetero) is 1. The second-order valence-electron chi connectivity index (χ2n) is 5.74. The Morgan fingerprint density at radius 1 is 0.905 bits per heavy atom. The molecule has 2 nitrogen and oxygen atoms in total. The molecule has 0 aliphatic heterocycles. The van der Waals surface area contributed by atoms with Gasteiger partial charge >= 0.3 is 0 Å². The molecule has 0 aliphatic carbocycles. The van der Waals surface area contributed by atoms with Crippen LogP contribution in [0.5, 0.6) is 5.75 Å². The van der Waals surface area contributed by atoms with Crippen molar-refractivity contribution in [2.24, 2.45) is 0 Å². The van der Waals surface area contributed by atoms with Crippen molar-refractivity contribution in [1.29, 1.82) is 0 Å². The number of ether oxygens (including phenoxy) is 1. The predicted molar refractivity (Wildman–Crippen MR) is 86.4 cm³/mol. The van der Waals surface area contributed by atoms with Crippen LogP contribution in [0.3, 0.4) is 0 Å². The monoisotopic (exact) mass is 282 g/mol. The van der Waals surface area contributed by atoms with Gasteiger partial charge in [-0.2, -0.15) is 0 Å². The minimum atomic E-state index is 0.0195. The van der Waals surface area contributed by atoms with Crippen molar-refractivity contribution in [2.75, 3.05) is 6.61 Å². The quantitative estimate of drug-likeness (QED) is 0.772. The van der Waals surface area contributed by atoms with E-state index in [2.05, 4.69) is 13.0 Å². The van der Waals surface area contributed by atoms with Crippen molar-refractivity contribution in [3.8, 4) is 5.75 Å². The Balaban J connectivity index is 2.15. The van der Waals surface area contributed by atoms with Gasteiger partial charge in [-0.05, 0) is 62.9 Å². The lowest BCUT2D eigenvalue weighted by Gasteiger charge is -2.12. The summed E-state index contributed by atoms with van der Waals surface area (Å²) in [5.41, 5.74) is 6.32. The number of hydrogen-bond acceptors (Lipinski definition) is 2. The van der Waals surface area contributed by atoms with E-state index >= 15 is 0 Å². The minimum Gasteiger partial charge on any atom is -0.485 e. The Kier molecular flexibility index (Phi) is 4.46. The molecule has 0 heterocycles. The van der Waals surface area contributed by atoms with E-state index in [0.717, 1.165) is 33.6 Å². The summed E-state index contributed by atoms with van der Waals surface area (Å²) in [5.74, 6) is 0.816. The normalized spacial score (nSPS) is 10.5. The SMILES string of the molecule is Cc1ccc(C(=O)COc2cc(C)cc(C)c2C)c(C)c1. The maximum Gasteiger partial charge on any atom is 0.200 e. The summed E-state index contributed by atoms with van der Waals surface area (Å²) in [7, 11) is 0. The second-order valence-corrected chi connectivity index (χ2v) is 5.74. The second kappa shape index (κ2) is 6.13. The smallest absolute Gasteiger partial charge is 0.200 e. The molecular weight excluding hydrogens is 260 g/mol. The fourth-order valence-corrected chi connectivity index (χ4v) is 2.50. The lowest BCUT2D eigenvalue weighted by atomic mass is 10.0. The minimum absolute atomic E-state index is 0.0195. The van der Waals surface area contributed by atoms with Crippen LogP contribution in [0.1, 0.15) is 38.2 Å². The predicted octanol–water partition coefficient (Wildman–Crippen LogP) is 4.49. The van der Waals surface area contributed by atoms with Crippen molar-refractivity contribution in [3.05, 3.63) is 63.7 Å². The average Bonchev–Trinajstić information content (AvgIpc) is 2.40. The van der Waals surface area contributed by atoms with E-state index in [0.29, 0.717) is 0 Å². The van der Waals surface area contributed by atoms with E-state index in [-0.39, 0.29) is 12.4 Å². The lowest BCUT2D eigenvalue weighted by molar-refractivity contribution is 0.0920. The van der Waals surface area contributed by atoms with Gasteiger partial charge in [-0.1, -0.05) is 29.8 Å². The first-order valence-corrected chi connectivity index (χ1v) is 7.19. The summed E-state index contributed by atoms with van der Waals surface area (Å²) in [6, 6.07) is 9.97. The van der Waals surface area contributed by atoms with Crippen molar-refractivity contribution in [3.63, 3.8) is 0 Å². The van der Waals surface area contributed by atoms with Crippen LogP contribution >= 0.6 is 0 Å². The summed E-state index contributed by atoms with van der Waals surface area (Å²) in [5, 5.41) is 0. The van der Waals surface area contributed by atoms with E-state index < -0.39 is 0 Å². The Bertz CT molecular complexity index is 684. The Labute approximate surface area is 126 Å². The van der Waals surface area contributed by atoms with Crippen molar-refractivity contribution < 1.29 is 9.53 Å². The first-order chi connectivity index (χ1) is 9.88. The van der Waals surface area contributed by atoms with Crippen molar-refractivity contribution in [1.82, 2.24) is 0 Å². The molecule has 110 valence electrons. The highest BCUT2D eigenvalue weighted by Crippen LogP contribution is 2.23. The number of carbonyl (C=O) groups is 1. The van der Waals surface area contributed by atoms with Gasteiger partial charge in [-0.25, -0.2) is 0 Å². The molecule has 0 aliphatic rings. The van der Waals surface area contributed by atoms with E-state index in [9.17, 15) is 4.79 Å². The molecule has 0 N–H and O–H groups in total. The molecule has 2 rings (SSSR count). The summed E-state index contributed by atoms with van der Waals surface area (Å²) in [6.45, 7) is 10.2. The third kappa shape index (κ3) is 3.52. The van der Waals surface area contributed by atoms with E-state index in [1.165, 1.54) is 5.56 Å². The van der Waals surface area contributed by atoms with Crippen LogP contribution in [0.25, 0.3) is 0 Å². The van der Waals surface area contributed by atoms with Gasteiger partial charge in [-0.3, -0.25) is 4.79 Å². The first kappa shape index (κ1) is 15.3. The molecule has 0 saturated carbocycles. The molecule has 2 heteroatoms. The molecule has 21 heavy (non-hydrogen) atoms. The van der Waals surface area contributed by atoms with Crippen LogP contribution in [0.2, 0.25) is 0 Å². The van der Waals surface area contributed by atoms with Gasteiger partial charge in [0.1, 0.15) is 5.75 Å². The molecule has 0 radical (unpaired) electrons. The van der Waals surface area contributed by atoms with Gasteiger partial charge in [0.05, 0.1) is 0 Å². The van der Waals surface area contributed by atoms with Gasteiger partial charge < -0.3 is 4.74 Å². The van der Waals surface area contributed by atoms with Gasteiger partial charge in [0, 0.05) is 5.56 Å². The summed E-state index contributed by atoms with van der Waals surface area (Å²) >= 11 is 0. The zero-order valence-corrected chi connectivity index (χ0v) is 13.4. The molecule has 0 bridgehead atoms. The topological polar surface area (TPSA) is 26.3 Å². The van der Waals surface area contributed by atoms with Crippen LogP contribution in [-0.4, -0.2) is 12.4 Å². The maximum absolute atomic E-state index is 12.3. The fraction of sp³-hybridized carbons (Fsp3) is 0.316. The molecular formula is C19H22O2. The first-order valence-electron chi connectivity index (χ1n) is 7.19. The highest BCUT2D eigenvalue weighted by molar-refractivity contribution is 5.98. The van der Waals surface area contributed by atoms with Crippen LogP contribution in [0.15, 0.2) is 30.3 Å².